The number of nitrogen functional groups attached to an aromatic ring is 1. The standard InChI is InChI=1S/C16H18N6O7S/c1-16(2)12(14(26)22(16)28)19-13(25)11(8-6-30-15(17)18-8)20-29-5-7-3-9(23)10(24)4-21(7)27/h3-4,6,12,24,27-28H,5H2,1-2H3,(H2,17,18)(H,19,25)/b20-11-/t12-/m1/s1. The SMILES string of the molecule is CC1(C)[C@H](NC(=O)/C(=N\OCc2cc(=O)c(O)cn2O)c2csc(N)n2)C(=O)N1O. The summed E-state index contributed by atoms with van der Waals surface area (Å²) in [4.78, 5) is 45.1. The zero-order valence-electron chi connectivity index (χ0n) is 15.8. The van der Waals surface area contributed by atoms with Gasteiger partial charge in [-0.25, -0.2) is 10.0 Å². The predicted octanol–water partition coefficient (Wildman–Crippen LogP) is -0.754. The fourth-order valence-electron chi connectivity index (χ4n) is 2.63. The van der Waals surface area contributed by atoms with E-state index in [1.165, 1.54) is 5.38 Å². The van der Waals surface area contributed by atoms with Crippen molar-refractivity contribution in [3.05, 3.63) is 39.3 Å². The normalized spacial score (nSPS) is 18.1. The Bertz CT molecular complexity index is 1090. The van der Waals surface area contributed by atoms with E-state index in [1.807, 2.05) is 0 Å². The van der Waals surface area contributed by atoms with Gasteiger partial charge in [-0.1, -0.05) is 5.16 Å². The maximum absolute atomic E-state index is 12.7. The number of aromatic nitrogens is 2. The zero-order valence-corrected chi connectivity index (χ0v) is 16.6. The van der Waals surface area contributed by atoms with E-state index in [1.54, 1.807) is 13.8 Å². The van der Waals surface area contributed by atoms with Gasteiger partial charge in [-0.15, -0.1) is 11.3 Å². The van der Waals surface area contributed by atoms with Crippen molar-refractivity contribution >= 4 is 34.0 Å². The van der Waals surface area contributed by atoms with Crippen LogP contribution in [0.3, 0.4) is 0 Å². The molecule has 160 valence electrons. The van der Waals surface area contributed by atoms with E-state index < -0.39 is 41.2 Å². The molecule has 0 unspecified atom stereocenters. The number of hydrogen-bond acceptors (Lipinski definition) is 11. The molecule has 1 aliphatic heterocycles. The highest BCUT2D eigenvalue weighted by Gasteiger charge is 2.55. The van der Waals surface area contributed by atoms with Crippen molar-refractivity contribution in [2.24, 2.45) is 5.16 Å². The smallest absolute Gasteiger partial charge is 0.276 e. The van der Waals surface area contributed by atoms with Crippen LogP contribution in [0.2, 0.25) is 0 Å². The molecule has 0 bridgehead atoms. The van der Waals surface area contributed by atoms with E-state index in [2.05, 4.69) is 15.5 Å². The Balaban J connectivity index is 1.81. The van der Waals surface area contributed by atoms with E-state index in [-0.39, 0.29) is 22.2 Å². The lowest BCUT2D eigenvalue weighted by Gasteiger charge is -2.49. The van der Waals surface area contributed by atoms with Gasteiger partial charge in [0.05, 0.1) is 11.7 Å². The molecule has 13 nitrogen and oxygen atoms in total. The summed E-state index contributed by atoms with van der Waals surface area (Å²) in [5, 5.41) is 36.9. The highest BCUT2D eigenvalue weighted by Crippen LogP contribution is 2.29. The first-order chi connectivity index (χ1) is 14.0. The number of amides is 2. The molecule has 6 N–H and O–H groups in total. The average molecular weight is 438 g/mol. The van der Waals surface area contributed by atoms with E-state index >= 15 is 0 Å². The Morgan fingerprint density at radius 3 is 2.73 bits per heavy atom. The highest BCUT2D eigenvalue weighted by atomic mass is 32.1. The van der Waals surface area contributed by atoms with Gasteiger partial charge < -0.3 is 26.2 Å². The number of pyridine rings is 1. The van der Waals surface area contributed by atoms with Crippen molar-refractivity contribution in [3.63, 3.8) is 0 Å². The molecule has 2 amide bonds. The summed E-state index contributed by atoms with van der Waals surface area (Å²) >= 11 is 1.05. The molecular formula is C16H18N6O7S. The molecule has 3 heterocycles. The number of rotatable bonds is 6. The van der Waals surface area contributed by atoms with Crippen LogP contribution in [0.25, 0.3) is 0 Å². The molecule has 2 aromatic rings. The van der Waals surface area contributed by atoms with Crippen molar-refractivity contribution in [2.75, 3.05) is 5.73 Å². The van der Waals surface area contributed by atoms with E-state index in [4.69, 9.17) is 10.6 Å². The van der Waals surface area contributed by atoms with Gasteiger partial charge in [-0.2, -0.15) is 4.73 Å². The molecule has 3 rings (SSSR count). The number of thiazole rings is 1. The van der Waals surface area contributed by atoms with Gasteiger partial charge in [0.2, 0.25) is 5.43 Å². The number of oxime groups is 1. The van der Waals surface area contributed by atoms with E-state index in [9.17, 15) is 29.9 Å². The summed E-state index contributed by atoms with van der Waals surface area (Å²) in [6.07, 6.45) is 0.782. The molecule has 1 aliphatic rings. The van der Waals surface area contributed by atoms with Crippen molar-refractivity contribution in [1.29, 1.82) is 0 Å². The van der Waals surface area contributed by atoms with Crippen LogP contribution in [0.15, 0.2) is 27.6 Å². The molecule has 14 heteroatoms. The van der Waals surface area contributed by atoms with Crippen LogP contribution in [0.5, 0.6) is 5.75 Å². The average Bonchev–Trinajstić information content (AvgIpc) is 3.11. The molecule has 0 aromatic carbocycles. The minimum Gasteiger partial charge on any atom is -0.503 e. The van der Waals surface area contributed by atoms with Crippen molar-refractivity contribution < 1.29 is 29.9 Å². The van der Waals surface area contributed by atoms with Gasteiger partial charge >= 0.3 is 0 Å². The minimum atomic E-state index is -1.03. The molecule has 0 spiro atoms. The predicted molar refractivity (Wildman–Crippen MR) is 102 cm³/mol. The van der Waals surface area contributed by atoms with Crippen LogP contribution < -0.4 is 16.5 Å². The highest BCUT2D eigenvalue weighted by molar-refractivity contribution is 7.13. The topological polar surface area (TPSA) is 193 Å². The monoisotopic (exact) mass is 438 g/mol. The molecule has 0 saturated carbocycles. The van der Waals surface area contributed by atoms with Crippen LogP contribution in [0.1, 0.15) is 25.2 Å². The van der Waals surface area contributed by atoms with Gasteiger partial charge in [0, 0.05) is 11.4 Å². The minimum absolute atomic E-state index is 0.0506. The Kier molecular flexibility index (Phi) is 5.37. The molecule has 2 aromatic heterocycles. The first kappa shape index (κ1) is 21.1. The Morgan fingerprint density at radius 1 is 1.43 bits per heavy atom. The third kappa shape index (κ3) is 3.77. The maximum atomic E-state index is 12.7. The lowest BCUT2D eigenvalue weighted by molar-refractivity contribution is -0.231. The summed E-state index contributed by atoms with van der Waals surface area (Å²) in [5.41, 5.74) is 3.54. The van der Waals surface area contributed by atoms with Gasteiger partial charge in [-0.3, -0.25) is 19.6 Å². The number of β-lactam (4-membered cyclic amide) rings is 1. The first-order valence-electron chi connectivity index (χ1n) is 8.41. The second-order valence-corrected chi connectivity index (χ2v) is 7.74. The number of nitrogens with two attached hydrogens (primary N) is 1. The summed E-state index contributed by atoms with van der Waals surface area (Å²) in [7, 11) is 0. The molecular weight excluding hydrogens is 420 g/mol. The first-order valence-corrected chi connectivity index (χ1v) is 9.29. The molecule has 1 fully saturated rings. The number of hydroxylamine groups is 2. The third-order valence-electron chi connectivity index (χ3n) is 4.42. The van der Waals surface area contributed by atoms with E-state index in [0.717, 1.165) is 23.6 Å². The number of aromatic hydroxyl groups is 1. The lowest BCUT2D eigenvalue weighted by Crippen LogP contribution is -2.75. The van der Waals surface area contributed by atoms with Gasteiger partial charge in [-0.05, 0) is 13.8 Å². The summed E-state index contributed by atoms with van der Waals surface area (Å²) in [6, 6.07) is -0.0764. The van der Waals surface area contributed by atoms with Crippen molar-refractivity contribution in [1.82, 2.24) is 20.1 Å². The zero-order chi connectivity index (χ0) is 22.2. The van der Waals surface area contributed by atoms with Gasteiger partial charge in [0.1, 0.15) is 17.4 Å². The van der Waals surface area contributed by atoms with Crippen molar-refractivity contribution in [3.8, 4) is 5.75 Å². The van der Waals surface area contributed by atoms with E-state index in [0.29, 0.717) is 9.79 Å². The second-order valence-electron chi connectivity index (χ2n) is 6.85. The van der Waals surface area contributed by atoms with Gasteiger partial charge in [0.25, 0.3) is 11.8 Å². The maximum Gasteiger partial charge on any atom is 0.276 e. The van der Waals surface area contributed by atoms with Crippen LogP contribution >= 0.6 is 11.3 Å². The third-order valence-corrected chi connectivity index (χ3v) is 5.09. The number of carbonyl (C=O) groups excluding carboxylic acids is 2. The number of carbonyl (C=O) groups is 2. The number of nitrogens with one attached hydrogen (secondary N) is 1. The summed E-state index contributed by atoms with van der Waals surface area (Å²) in [6.45, 7) is 2.68. The van der Waals surface area contributed by atoms with Crippen molar-refractivity contribution in [2.45, 2.75) is 32.0 Å². The second kappa shape index (κ2) is 7.64. The largest absolute Gasteiger partial charge is 0.503 e. The van der Waals surface area contributed by atoms with Crippen LogP contribution in [0, 0.1) is 0 Å². The number of hydrogen-bond donors (Lipinski definition) is 5. The Morgan fingerprint density at radius 2 is 2.13 bits per heavy atom. The van der Waals surface area contributed by atoms with Gasteiger partial charge in [0.15, 0.2) is 23.2 Å². The number of nitrogens with zero attached hydrogens (tertiary/aromatic N) is 4. The molecule has 30 heavy (non-hydrogen) atoms. The molecule has 1 atom stereocenters. The quantitative estimate of drug-likeness (QED) is 0.127. The summed E-state index contributed by atoms with van der Waals surface area (Å²) < 4.78 is 0.470. The van der Waals surface area contributed by atoms with Crippen LogP contribution in [-0.2, 0) is 21.0 Å². The lowest BCUT2D eigenvalue weighted by atomic mass is 9.84. The fraction of sp³-hybridized carbons (Fsp3) is 0.312. The van der Waals surface area contributed by atoms with Crippen LogP contribution in [0.4, 0.5) is 5.13 Å². The molecule has 1 saturated heterocycles. The molecule has 0 aliphatic carbocycles. The van der Waals surface area contributed by atoms with Crippen LogP contribution in [-0.4, -0.2) is 59.4 Å². The number of anilines is 1. The Labute approximate surface area is 172 Å². The fourth-order valence-corrected chi connectivity index (χ4v) is 3.18. The molecule has 0 radical (unpaired) electrons. The summed E-state index contributed by atoms with van der Waals surface area (Å²) in [5.74, 6) is -2.17. The Hall–Kier alpha value is -3.65.